The molecule has 2 amide bonds. The van der Waals surface area contributed by atoms with Crippen LogP contribution in [0.2, 0.25) is 5.02 Å². The first-order chi connectivity index (χ1) is 12.0. The highest BCUT2D eigenvalue weighted by Gasteiger charge is 2.40. The smallest absolute Gasteiger partial charge is 0.269 e. The molecule has 2 aromatic rings. The minimum absolute atomic E-state index is 0.0475. The quantitative estimate of drug-likeness (QED) is 0.491. The first-order valence-corrected chi connectivity index (χ1v) is 8.48. The van der Waals surface area contributed by atoms with Gasteiger partial charge in [0.25, 0.3) is 17.5 Å². The van der Waals surface area contributed by atoms with E-state index in [1.807, 2.05) is 0 Å². The van der Waals surface area contributed by atoms with Crippen LogP contribution in [0.25, 0.3) is 0 Å². The summed E-state index contributed by atoms with van der Waals surface area (Å²) in [6.07, 6.45) is 0. The Morgan fingerprint density at radius 3 is 2.68 bits per heavy atom. The SMILES string of the molecule is O=C1NN(Cc2cccc([N+](=O)[O-])c2)C(=O)C1Sc1ccccc1Cl. The number of nitrogens with one attached hydrogen (secondary N) is 1. The zero-order valence-corrected chi connectivity index (χ0v) is 14.3. The van der Waals surface area contributed by atoms with Crippen molar-refractivity contribution in [2.24, 2.45) is 0 Å². The molecule has 1 atom stereocenters. The molecule has 1 aliphatic heterocycles. The van der Waals surface area contributed by atoms with E-state index < -0.39 is 22.0 Å². The molecule has 0 radical (unpaired) electrons. The van der Waals surface area contributed by atoms with Crippen LogP contribution in [0.5, 0.6) is 0 Å². The van der Waals surface area contributed by atoms with Gasteiger partial charge in [-0.05, 0) is 17.7 Å². The lowest BCUT2D eigenvalue weighted by Gasteiger charge is -2.15. The number of carbonyl (C=O) groups is 2. The largest absolute Gasteiger partial charge is 0.271 e. The summed E-state index contributed by atoms with van der Waals surface area (Å²) in [7, 11) is 0. The number of nitro groups is 1. The minimum atomic E-state index is -0.946. The van der Waals surface area contributed by atoms with Gasteiger partial charge < -0.3 is 0 Å². The predicted molar refractivity (Wildman–Crippen MR) is 92.9 cm³/mol. The summed E-state index contributed by atoms with van der Waals surface area (Å²) < 4.78 is 0. The van der Waals surface area contributed by atoms with Gasteiger partial charge in [-0.1, -0.05) is 35.9 Å². The number of hydrogen-bond acceptors (Lipinski definition) is 5. The molecule has 2 aromatic carbocycles. The molecule has 0 bridgehead atoms. The van der Waals surface area contributed by atoms with Gasteiger partial charge in [-0.15, -0.1) is 11.8 Å². The molecular weight excluding hydrogens is 366 g/mol. The Morgan fingerprint density at radius 1 is 1.20 bits per heavy atom. The second-order valence-electron chi connectivity index (χ2n) is 5.26. The molecule has 0 aliphatic carbocycles. The van der Waals surface area contributed by atoms with Crippen LogP contribution in [0.15, 0.2) is 53.4 Å². The number of amides is 2. The number of halogens is 1. The number of rotatable bonds is 5. The molecule has 9 heteroatoms. The number of nitrogens with zero attached hydrogens (tertiary/aromatic N) is 2. The molecule has 25 heavy (non-hydrogen) atoms. The van der Waals surface area contributed by atoms with Crippen LogP contribution >= 0.6 is 23.4 Å². The fourth-order valence-corrected chi connectivity index (χ4v) is 3.59. The van der Waals surface area contributed by atoms with Gasteiger partial charge in [0.1, 0.15) is 0 Å². The van der Waals surface area contributed by atoms with Crippen molar-refractivity contribution >= 4 is 40.9 Å². The molecule has 1 unspecified atom stereocenters. The van der Waals surface area contributed by atoms with Crippen molar-refractivity contribution in [3.63, 3.8) is 0 Å². The number of carbonyl (C=O) groups excluding carboxylic acids is 2. The summed E-state index contributed by atoms with van der Waals surface area (Å²) in [6.45, 7) is 0.0475. The lowest BCUT2D eigenvalue weighted by molar-refractivity contribution is -0.384. The normalized spacial score (nSPS) is 16.8. The van der Waals surface area contributed by atoms with E-state index in [2.05, 4.69) is 5.43 Å². The van der Waals surface area contributed by atoms with Gasteiger partial charge in [0.2, 0.25) is 0 Å². The van der Waals surface area contributed by atoms with Gasteiger partial charge in [-0.3, -0.25) is 25.1 Å². The fraction of sp³-hybridized carbons (Fsp3) is 0.125. The molecule has 1 N–H and O–H groups in total. The van der Waals surface area contributed by atoms with Crippen molar-refractivity contribution in [1.29, 1.82) is 0 Å². The lowest BCUT2D eigenvalue weighted by Crippen LogP contribution is -2.35. The summed E-state index contributed by atoms with van der Waals surface area (Å²) in [6, 6.07) is 12.9. The van der Waals surface area contributed by atoms with Crippen molar-refractivity contribution in [1.82, 2.24) is 10.4 Å². The van der Waals surface area contributed by atoms with Crippen LogP contribution in [0.3, 0.4) is 0 Å². The number of hydrogen-bond donors (Lipinski definition) is 1. The maximum atomic E-state index is 12.5. The molecule has 1 aliphatic rings. The zero-order chi connectivity index (χ0) is 18.0. The lowest BCUT2D eigenvalue weighted by atomic mass is 10.2. The molecule has 0 spiro atoms. The van der Waals surface area contributed by atoms with E-state index in [9.17, 15) is 19.7 Å². The molecule has 1 heterocycles. The average molecular weight is 378 g/mol. The van der Waals surface area contributed by atoms with Crippen molar-refractivity contribution in [2.45, 2.75) is 16.7 Å². The van der Waals surface area contributed by atoms with E-state index in [0.29, 0.717) is 15.5 Å². The highest BCUT2D eigenvalue weighted by molar-refractivity contribution is 8.01. The van der Waals surface area contributed by atoms with Crippen LogP contribution < -0.4 is 5.43 Å². The standard InChI is InChI=1S/C16H12ClN3O4S/c17-12-6-1-2-7-13(12)25-14-15(21)18-19(16(14)22)9-10-4-3-5-11(8-10)20(23)24/h1-8,14H,9H2,(H,18,21). The van der Waals surface area contributed by atoms with Gasteiger partial charge in [-0.2, -0.15) is 0 Å². The average Bonchev–Trinajstić information content (AvgIpc) is 2.84. The van der Waals surface area contributed by atoms with Crippen molar-refractivity contribution in [3.05, 3.63) is 69.2 Å². The molecule has 1 saturated heterocycles. The minimum Gasteiger partial charge on any atom is -0.271 e. The maximum absolute atomic E-state index is 12.5. The third-order valence-corrected chi connectivity index (χ3v) is 5.22. The topological polar surface area (TPSA) is 92.6 Å². The summed E-state index contributed by atoms with van der Waals surface area (Å²) in [5, 5.41) is 11.5. The van der Waals surface area contributed by atoms with E-state index in [0.717, 1.165) is 16.8 Å². The molecule has 128 valence electrons. The van der Waals surface area contributed by atoms with Gasteiger partial charge in [0.15, 0.2) is 5.25 Å². The third-order valence-electron chi connectivity index (χ3n) is 3.52. The summed E-state index contributed by atoms with van der Waals surface area (Å²) in [5.74, 6) is -0.859. The molecule has 3 rings (SSSR count). The highest BCUT2D eigenvalue weighted by Crippen LogP contribution is 2.33. The Morgan fingerprint density at radius 2 is 1.96 bits per heavy atom. The summed E-state index contributed by atoms with van der Waals surface area (Å²) >= 11 is 7.14. The van der Waals surface area contributed by atoms with Crippen LogP contribution in [-0.2, 0) is 16.1 Å². The Kier molecular flexibility index (Phi) is 4.91. The molecular formula is C16H12ClN3O4S. The van der Waals surface area contributed by atoms with E-state index in [4.69, 9.17) is 11.6 Å². The number of thioether (sulfide) groups is 1. The molecule has 0 aromatic heterocycles. The number of nitro benzene ring substituents is 1. The van der Waals surface area contributed by atoms with E-state index in [1.54, 1.807) is 30.3 Å². The van der Waals surface area contributed by atoms with Gasteiger partial charge in [0.05, 0.1) is 16.5 Å². The van der Waals surface area contributed by atoms with Crippen molar-refractivity contribution in [3.8, 4) is 0 Å². The second kappa shape index (κ2) is 7.12. The number of non-ortho nitro benzene ring substituents is 1. The zero-order valence-electron chi connectivity index (χ0n) is 12.7. The van der Waals surface area contributed by atoms with E-state index in [-0.39, 0.29) is 12.2 Å². The van der Waals surface area contributed by atoms with Gasteiger partial charge in [0, 0.05) is 17.0 Å². The monoisotopic (exact) mass is 377 g/mol. The van der Waals surface area contributed by atoms with Crippen LogP contribution in [0.1, 0.15) is 5.56 Å². The second-order valence-corrected chi connectivity index (χ2v) is 6.81. The Labute approximate surface area is 152 Å². The van der Waals surface area contributed by atoms with Crippen LogP contribution in [0.4, 0.5) is 5.69 Å². The van der Waals surface area contributed by atoms with Gasteiger partial charge >= 0.3 is 0 Å². The first-order valence-electron chi connectivity index (χ1n) is 7.22. The highest BCUT2D eigenvalue weighted by atomic mass is 35.5. The molecule has 1 fully saturated rings. The number of hydrazine groups is 1. The van der Waals surface area contributed by atoms with Crippen LogP contribution in [0, 0.1) is 10.1 Å². The maximum Gasteiger partial charge on any atom is 0.269 e. The molecule has 7 nitrogen and oxygen atoms in total. The predicted octanol–water partition coefficient (Wildman–Crippen LogP) is 2.78. The Bertz CT molecular complexity index is 861. The first kappa shape index (κ1) is 17.2. The van der Waals surface area contributed by atoms with Gasteiger partial charge in [-0.25, -0.2) is 5.01 Å². The summed E-state index contributed by atoms with van der Waals surface area (Å²) in [4.78, 5) is 35.6. The number of benzene rings is 2. The van der Waals surface area contributed by atoms with Crippen molar-refractivity contribution < 1.29 is 14.5 Å². The fourth-order valence-electron chi connectivity index (χ4n) is 2.34. The molecule has 0 saturated carbocycles. The van der Waals surface area contributed by atoms with Crippen molar-refractivity contribution in [2.75, 3.05) is 0 Å². The van der Waals surface area contributed by atoms with E-state index in [1.165, 1.54) is 18.2 Å². The Balaban J connectivity index is 1.74. The summed E-state index contributed by atoms with van der Waals surface area (Å²) in [5.41, 5.74) is 2.98. The van der Waals surface area contributed by atoms with Crippen LogP contribution in [-0.4, -0.2) is 27.0 Å². The Hall–Kier alpha value is -2.58. The van der Waals surface area contributed by atoms with E-state index >= 15 is 0 Å². The third kappa shape index (κ3) is 3.75.